The monoisotopic (exact) mass is 603 g/mol. The van der Waals surface area contributed by atoms with Crippen molar-refractivity contribution in [3.05, 3.63) is 101 Å². The summed E-state index contributed by atoms with van der Waals surface area (Å²) in [5.74, 6) is -0.555. The molecular weight excluding hydrogens is 566 g/mol. The lowest BCUT2D eigenvalue weighted by atomic mass is 10.0. The average molecular weight is 604 g/mol. The second-order valence-corrected chi connectivity index (χ2v) is 12.8. The Kier molecular flexibility index (Phi) is 9.35. The van der Waals surface area contributed by atoms with Crippen LogP contribution in [0.4, 0.5) is 4.79 Å². The third kappa shape index (κ3) is 7.56. The van der Waals surface area contributed by atoms with E-state index in [1.807, 2.05) is 97.3 Å². The Morgan fingerprint density at radius 1 is 0.977 bits per heavy atom. The summed E-state index contributed by atoms with van der Waals surface area (Å²) in [6, 6.07) is 24.7. The van der Waals surface area contributed by atoms with E-state index in [0.29, 0.717) is 43.9 Å². The number of benzene rings is 3. The van der Waals surface area contributed by atoms with Gasteiger partial charge in [-0.15, -0.1) is 0 Å². The van der Waals surface area contributed by atoms with Crippen molar-refractivity contribution < 1.29 is 27.5 Å². The van der Waals surface area contributed by atoms with Gasteiger partial charge < -0.3 is 18.9 Å². The van der Waals surface area contributed by atoms with Crippen molar-refractivity contribution in [1.82, 2.24) is 14.2 Å². The molecule has 0 saturated carbocycles. The highest BCUT2D eigenvalue weighted by molar-refractivity contribution is 7.90. The number of nitrogens with zero attached hydrogens (tertiary/aromatic N) is 2. The van der Waals surface area contributed by atoms with Crippen molar-refractivity contribution in [2.24, 2.45) is 5.92 Å². The van der Waals surface area contributed by atoms with Crippen molar-refractivity contribution >= 4 is 32.9 Å². The van der Waals surface area contributed by atoms with E-state index in [0.717, 1.165) is 22.0 Å². The number of amides is 2. The maximum Gasteiger partial charge on any atom is 0.410 e. The number of ether oxygens (including phenoxy) is 2. The molecule has 1 aromatic heterocycles. The molecular formula is C33H37N3O6S. The summed E-state index contributed by atoms with van der Waals surface area (Å²) >= 11 is 0. The number of carbonyl (C=O) groups is 2. The zero-order chi connectivity index (χ0) is 30.4. The standard InChI is InChI=1S/C33H37N3O6S/c1-24-15-16-30-29(20-24)25(2)31(36(30)18-19-41-28-13-7-4-8-14-28)32(37)34-43(39,40)23-27-12-9-17-35(21-27)33(38)42-22-26-10-5-3-6-11-26/h3-8,10-11,13-16,20,27H,9,12,17-19,21-23H2,1-2H3,(H,34,37). The Morgan fingerprint density at radius 2 is 1.70 bits per heavy atom. The van der Waals surface area contributed by atoms with Crippen LogP contribution in [0.3, 0.4) is 0 Å². The summed E-state index contributed by atoms with van der Waals surface area (Å²) in [5, 5.41) is 0.888. The molecule has 10 heteroatoms. The zero-order valence-electron chi connectivity index (χ0n) is 24.5. The molecule has 43 heavy (non-hydrogen) atoms. The van der Waals surface area contributed by atoms with E-state index in [4.69, 9.17) is 9.47 Å². The van der Waals surface area contributed by atoms with Crippen LogP contribution in [0.25, 0.3) is 10.9 Å². The first-order chi connectivity index (χ1) is 20.7. The molecule has 1 atom stereocenters. The quantitative estimate of drug-likeness (QED) is 0.259. The number of carbonyl (C=O) groups excluding carboxylic acids is 2. The van der Waals surface area contributed by atoms with Crippen molar-refractivity contribution in [2.45, 2.75) is 39.8 Å². The van der Waals surface area contributed by atoms with Crippen LogP contribution in [0.5, 0.6) is 5.75 Å². The minimum atomic E-state index is -4.00. The van der Waals surface area contributed by atoms with Gasteiger partial charge in [-0.1, -0.05) is 60.2 Å². The van der Waals surface area contributed by atoms with Crippen LogP contribution in [-0.4, -0.2) is 55.3 Å². The van der Waals surface area contributed by atoms with E-state index in [1.54, 1.807) is 4.90 Å². The molecule has 0 aliphatic carbocycles. The number of likely N-dealkylation sites (tertiary alicyclic amines) is 1. The Hall–Kier alpha value is -4.31. The molecule has 4 aromatic rings. The molecule has 5 rings (SSSR count). The Balaban J connectivity index is 1.26. The summed E-state index contributed by atoms with van der Waals surface area (Å²) in [6.07, 6.45) is 0.818. The van der Waals surface area contributed by atoms with Crippen molar-refractivity contribution in [3.63, 3.8) is 0 Å². The van der Waals surface area contributed by atoms with Crippen molar-refractivity contribution in [3.8, 4) is 5.75 Å². The van der Waals surface area contributed by atoms with E-state index < -0.39 is 22.0 Å². The highest BCUT2D eigenvalue weighted by Crippen LogP contribution is 2.27. The van der Waals surface area contributed by atoms with Crippen LogP contribution >= 0.6 is 0 Å². The molecule has 0 radical (unpaired) electrons. The highest BCUT2D eigenvalue weighted by atomic mass is 32.2. The van der Waals surface area contributed by atoms with Crippen molar-refractivity contribution in [2.75, 3.05) is 25.4 Å². The fourth-order valence-electron chi connectivity index (χ4n) is 5.65. The first kappa shape index (κ1) is 30.2. The fraction of sp³-hybridized carbons (Fsp3) is 0.333. The number of rotatable bonds is 10. The second-order valence-electron chi connectivity index (χ2n) is 11.0. The number of nitrogens with one attached hydrogen (secondary N) is 1. The third-order valence-corrected chi connectivity index (χ3v) is 9.11. The topological polar surface area (TPSA) is 107 Å². The Bertz CT molecular complexity index is 1690. The van der Waals surface area contributed by atoms with Crippen LogP contribution in [0.15, 0.2) is 78.9 Å². The zero-order valence-corrected chi connectivity index (χ0v) is 25.3. The third-order valence-electron chi connectivity index (χ3n) is 7.70. The normalized spacial score (nSPS) is 15.3. The minimum Gasteiger partial charge on any atom is -0.492 e. The van der Waals surface area contributed by atoms with E-state index in [-0.39, 0.29) is 30.5 Å². The number of fused-ring (bicyclic) bond motifs is 1. The summed E-state index contributed by atoms with van der Waals surface area (Å²) in [7, 11) is -4.00. The van der Waals surface area contributed by atoms with Gasteiger partial charge in [-0.05, 0) is 68.0 Å². The molecule has 9 nitrogen and oxygen atoms in total. The van der Waals surface area contributed by atoms with Gasteiger partial charge in [0.1, 0.15) is 24.7 Å². The van der Waals surface area contributed by atoms with Crippen LogP contribution in [0.1, 0.15) is 40.0 Å². The maximum absolute atomic E-state index is 13.6. The summed E-state index contributed by atoms with van der Waals surface area (Å²) in [4.78, 5) is 27.8. The number of para-hydroxylation sites is 1. The number of piperidine rings is 1. The summed E-state index contributed by atoms with van der Waals surface area (Å²) in [6.45, 7) is 5.36. The molecule has 2 amide bonds. The molecule has 3 aromatic carbocycles. The average Bonchev–Trinajstić information content (AvgIpc) is 3.27. The molecule has 1 N–H and O–H groups in total. The minimum absolute atomic E-state index is 0.151. The lowest BCUT2D eigenvalue weighted by Gasteiger charge is -2.31. The molecule has 0 bridgehead atoms. The van der Waals surface area contributed by atoms with Gasteiger partial charge in [-0.25, -0.2) is 17.9 Å². The molecule has 226 valence electrons. The molecule has 2 heterocycles. The predicted molar refractivity (Wildman–Crippen MR) is 166 cm³/mol. The maximum atomic E-state index is 13.6. The van der Waals surface area contributed by atoms with Crippen LogP contribution in [0.2, 0.25) is 0 Å². The van der Waals surface area contributed by atoms with Crippen LogP contribution in [0, 0.1) is 19.8 Å². The van der Waals surface area contributed by atoms with E-state index in [9.17, 15) is 18.0 Å². The second kappa shape index (κ2) is 13.3. The van der Waals surface area contributed by atoms with Gasteiger partial charge in [-0.2, -0.15) is 0 Å². The van der Waals surface area contributed by atoms with E-state index >= 15 is 0 Å². The Morgan fingerprint density at radius 3 is 2.44 bits per heavy atom. The number of hydrogen-bond donors (Lipinski definition) is 1. The van der Waals surface area contributed by atoms with Crippen LogP contribution in [-0.2, 0) is 27.9 Å². The molecule has 0 spiro atoms. The van der Waals surface area contributed by atoms with Gasteiger partial charge in [0.2, 0.25) is 10.0 Å². The lowest BCUT2D eigenvalue weighted by Crippen LogP contribution is -2.44. The van der Waals surface area contributed by atoms with Gasteiger partial charge in [0.25, 0.3) is 5.91 Å². The lowest BCUT2D eigenvalue weighted by molar-refractivity contribution is 0.0811. The SMILES string of the molecule is Cc1ccc2c(c1)c(C)c(C(=O)NS(=O)(=O)CC1CCCN(C(=O)OCc3ccccc3)C1)n2CCOc1ccccc1. The van der Waals surface area contributed by atoms with Gasteiger partial charge in [0.05, 0.1) is 12.3 Å². The summed E-state index contributed by atoms with van der Waals surface area (Å²) in [5.41, 5.74) is 3.74. The molecule has 1 saturated heterocycles. The highest BCUT2D eigenvalue weighted by Gasteiger charge is 2.30. The van der Waals surface area contributed by atoms with Gasteiger partial charge in [0.15, 0.2) is 0 Å². The van der Waals surface area contributed by atoms with E-state index in [1.165, 1.54) is 0 Å². The largest absolute Gasteiger partial charge is 0.492 e. The molecule has 1 aliphatic rings. The molecule has 1 aliphatic heterocycles. The van der Waals surface area contributed by atoms with Crippen molar-refractivity contribution in [1.29, 1.82) is 0 Å². The number of aryl methyl sites for hydroxylation is 2. The van der Waals surface area contributed by atoms with Crippen LogP contribution < -0.4 is 9.46 Å². The first-order valence-electron chi connectivity index (χ1n) is 14.5. The number of sulfonamides is 1. The smallest absolute Gasteiger partial charge is 0.410 e. The predicted octanol–water partition coefficient (Wildman–Crippen LogP) is 5.45. The number of hydrogen-bond acceptors (Lipinski definition) is 6. The Labute approximate surface area is 252 Å². The first-order valence-corrected chi connectivity index (χ1v) is 16.1. The molecule has 1 fully saturated rings. The van der Waals surface area contributed by atoms with Gasteiger partial charge >= 0.3 is 6.09 Å². The van der Waals surface area contributed by atoms with Gasteiger partial charge in [-0.3, -0.25) is 4.79 Å². The fourth-order valence-corrected chi connectivity index (χ4v) is 7.01. The molecule has 1 unspecified atom stereocenters. The van der Waals surface area contributed by atoms with E-state index in [2.05, 4.69) is 4.72 Å². The summed E-state index contributed by atoms with van der Waals surface area (Å²) < 4.78 is 42.0. The number of aromatic nitrogens is 1. The van der Waals surface area contributed by atoms with Gasteiger partial charge in [0, 0.05) is 24.0 Å².